The van der Waals surface area contributed by atoms with E-state index >= 15 is 0 Å². The van der Waals surface area contributed by atoms with E-state index in [2.05, 4.69) is 0 Å². The van der Waals surface area contributed by atoms with Crippen LogP contribution in [0.1, 0.15) is 25.0 Å². The molecule has 0 bridgehead atoms. The van der Waals surface area contributed by atoms with Gasteiger partial charge in [-0.1, -0.05) is 12.1 Å². The van der Waals surface area contributed by atoms with Crippen molar-refractivity contribution in [3.8, 4) is 5.69 Å². The molecule has 3 rings (SSSR count). The molecule has 1 aromatic heterocycles. The first-order valence-electron chi connectivity index (χ1n) is 7.85. The Labute approximate surface area is 140 Å². The number of fused-ring (bicyclic) bond motifs is 1. The molecule has 1 aliphatic rings. The van der Waals surface area contributed by atoms with Crippen LogP contribution in [0.5, 0.6) is 0 Å². The summed E-state index contributed by atoms with van der Waals surface area (Å²) in [6.45, 7) is 3.16. The molecule has 1 heterocycles. The topological polar surface area (TPSA) is 83.0 Å². The number of pyridine rings is 1. The highest BCUT2D eigenvalue weighted by atomic mass is 32.2. The number of hydrogen-bond donors (Lipinski definition) is 1. The fourth-order valence-electron chi connectivity index (χ4n) is 2.97. The maximum absolute atomic E-state index is 12.2. The van der Waals surface area contributed by atoms with Gasteiger partial charge >= 0.3 is 10.0 Å². The Morgan fingerprint density at radius 1 is 1.17 bits per heavy atom. The number of aromatic nitrogens is 1. The van der Waals surface area contributed by atoms with Crippen molar-refractivity contribution in [3.05, 3.63) is 64.1 Å². The summed E-state index contributed by atoms with van der Waals surface area (Å²) in [4.78, 5) is 11.9. The fourth-order valence-corrected chi connectivity index (χ4v) is 3.99. The number of hydrogen-bond acceptors (Lipinski definition) is 4. The first kappa shape index (κ1) is 16.6. The van der Waals surface area contributed by atoms with Gasteiger partial charge in [0.15, 0.2) is 0 Å². The van der Waals surface area contributed by atoms with E-state index in [0.717, 1.165) is 20.9 Å². The monoisotopic (exact) mass is 346 g/mol. The van der Waals surface area contributed by atoms with E-state index in [-0.39, 0.29) is 5.56 Å². The molecule has 0 spiro atoms. The lowest BCUT2D eigenvalue weighted by molar-refractivity contribution is -0.506. The molecule has 0 saturated carbocycles. The Bertz CT molecular complexity index is 961. The first-order valence-corrected chi connectivity index (χ1v) is 9.35. The normalized spacial score (nSPS) is 17.0. The van der Waals surface area contributed by atoms with E-state index in [9.17, 15) is 13.2 Å². The van der Waals surface area contributed by atoms with Gasteiger partial charge < -0.3 is 0 Å². The third-order valence-electron chi connectivity index (χ3n) is 4.40. The number of sulfonamides is 1. The zero-order valence-electron chi connectivity index (χ0n) is 13.6. The standard InChI is InChI=1S/C17H20N3O3S/c1-12(2)24(22,23)20(18)16-9-13-6-7-15(10-14(13)11-16)19-8-4-3-5-17(19)21/h3-8,10,12,16,18H,9,11H2,1-2H3/q+1. The highest BCUT2D eigenvalue weighted by Crippen LogP contribution is 2.27. The van der Waals surface area contributed by atoms with Gasteiger partial charge in [0.1, 0.15) is 5.25 Å². The van der Waals surface area contributed by atoms with Crippen LogP contribution in [0.2, 0.25) is 0 Å². The van der Waals surface area contributed by atoms with Gasteiger partial charge in [0.05, 0.1) is 0 Å². The van der Waals surface area contributed by atoms with Crippen molar-refractivity contribution in [2.45, 2.75) is 38.0 Å². The summed E-state index contributed by atoms with van der Waals surface area (Å²) in [5, 5.41) is -0.614. The number of rotatable bonds is 4. The van der Waals surface area contributed by atoms with E-state index in [0.29, 0.717) is 12.8 Å². The lowest BCUT2D eigenvalue weighted by atomic mass is 10.1. The molecule has 126 valence electrons. The summed E-state index contributed by atoms with van der Waals surface area (Å²) in [5.41, 5.74) is 10.7. The summed E-state index contributed by atoms with van der Waals surface area (Å²) >= 11 is 0. The zero-order chi connectivity index (χ0) is 17.5. The Hall–Kier alpha value is -2.28. The van der Waals surface area contributed by atoms with Crippen LogP contribution >= 0.6 is 0 Å². The maximum Gasteiger partial charge on any atom is 0.389 e. The van der Waals surface area contributed by atoms with Crippen molar-refractivity contribution in [3.63, 3.8) is 0 Å². The molecule has 24 heavy (non-hydrogen) atoms. The molecule has 1 unspecified atom stereocenters. The second-order valence-corrected chi connectivity index (χ2v) is 8.68. The van der Waals surface area contributed by atoms with E-state index in [1.165, 1.54) is 6.07 Å². The first-order chi connectivity index (χ1) is 11.3. The van der Waals surface area contributed by atoms with Crippen LogP contribution in [0, 0.1) is 5.53 Å². The third-order valence-corrected chi connectivity index (χ3v) is 6.44. The molecular formula is C17H20N3O3S+. The van der Waals surface area contributed by atoms with Crippen LogP contribution in [0.4, 0.5) is 0 Å². The Kier molecular flexibility index (Phi) is 4.13. The van der Waals surface area contributed by atoms with Crippen molar-refractivity contribution in [1.29, 1.82) is 5.53 Å². The SMILES string of the molecule is CC(C)S(=O)(=O)[N+](=N)C1Cc2ccc(-n3ccccc3=O)cc2C1. The molecule has 0 saturated heterocycles. The Morgan fingerprint density at radius 3 is 2.54 bits per heavy atom. The van der Waals surface area contributed by atoms with Crippen LogP contribution in [-0.4, -0.2) is 28.4 Å². The van der Waals surface area contributed by atoms with Crippen molar-refractivity contribution < 1.29 is 12.5 Å². The lowest BCUT2D eigenvalue weighted by Crippen LogP contribution is -2.34. The summed E-state index contributed by atoms with van der Waals surface area (Å²) in [5.74, 6) is 0. The molecule has 1 atom stereocenters. The van der Waals surface area contributed by atoms with Gasteiger partial charge in [-0.15, -0.1) is 0 Å². The molecule has 2 aromatic rings. The highest BCUT2D eigenvalue weighted by molar-refractivity contribution is 7.85. The zero-order valence-corrected chi connectivity index (χ0v) is 14.5. The molecule has 1 aliphatic carbocycles. The van der Waals surface area contributed by atoms with Crippen LogP contribution in [-0.2, 0) is 22.9 Å². The minimum Gasteiger partial charge on any atom is -0.284 e. The molecule has 1 aromatic carbocycles. The van der Waals surface area contributed by atoms with Crippen molar-refractivity contribution in [1.82, 2.24) is 4.57 Å². The van der Waals surface area contributed by atoms with E-state index in [4.69, 9.17) is 5.53 Å². The number of nitrogens with zero attached hydrogens (tertiary/aromatic N) is 2. The van der Waals surface area contributed by atoms with Crippen LogP contribution < -0.4 is 5.56 Å². The minimum absolute atomic E-state index is 0.114. The molecule has 1 N–H and O–H groups in total. The summed E-state index contributed by atoms with van der Waals surface area (Å²) < 4.78 is 26.7. The fraction of sp³-hybridized carbons (Fsp3) is 0.353. The molecule has 0 fully saturated rings. The van der Waals surface area contributed by atoms with Gasteiger partial charge in [0.25, 0.3) is 5.56 Å². The second-order valence-electron chi connectivity index (χ2n) is 6.31. The largest absolute Gasteiger partial charge is 0.389 e. The molecule has 7 heteroatoms. The summed E-state index contributed by atoms with van der Waals surface area (Å²) in [7, 11) is -3.60. The molecule has 0 amide bonds. The maximum atomic E-state index is 12.2. The Balaban J connectivity index is 1.91. The van der Waals surface area contributed by atoms with Gasteiger partial charge in [0.2, 0.25) is 6.04 Å². The predicted molar refractivity (Wildman–Crippen MR) is 90.3 cm³/mol. The van der Waals surface area contributed by atoms with E-state index in [1.807, 2.05) is 18.2 Å². The van der Waals surface area contributed by atoms with Gasteiger partial charge in [-0.2, -0.15) is 8.42 Å². The van der Waals surface area contributed by atoms with E-state index in [1.54, 1.807) is 36.7 Å². The quantitative estimate of drug-likeness (QED) is 0.680. The molecule has 6 nitrogen and oxygen atoms in total. The summed E-state index contributed by atoms with van der Waals surface area (Å²) in [6, 6.07) is 10.3. The van der Waals surface area contributed by atoms with Crippen LogP contribution in [0.15, 0.2) is 47.4 Å². The number of benzene rings is 1. The van der Waals surface area contributed by atoms with Crippen molar-refractivity contribution in [2.24, 2.45) is 0 Å². The predicted octanol–water partition coefficient (Wildman–Crippen LogP) is 2.09. The molecular weight excluding hydrogens is 326 g/mol. The van der Waals surface area contributed by atoms with Crippen molar-refractivity contribution in [2.75, 3.05) is 0 Å². The minimum atomic E-state index is -3.60. The number of nitrogens with one attached hydrogen (secondary N) is 1. The van der Waals surface area contributed by atoms with Crippen molar-refractivity contribution >= 4 is 10.0 Å². The Morgan fingerprint density at radius 2 is 1.88 bits per heavy atom. The molecule has 0 aliphatic heterocycles. The van der Waals surface area contributed by atoms with Crippen LogP contribution in [0.25, 0.3) is 5.69 Å². The average molecular weight is 346 g/mol. The van der Waals surface area contributed by atoms with Gasteiger partial charge in [-0.05, 0) is 52.8 Å². The molecule has 0 radical (unpaired) electrons. The van der Waals surface area contributed by atoms with Gasteiger partial charge in [-0.3, -0.25) is 9.36 Å². The second kappa shape index (κ2) is 5.98. The summed E-state index contributed by atoms with van der Waals surface area (Å²) in [6.07, 6.45) is 2.71. The smallest absolute Gasteiger partial charge is 0.284 e. The lowest BCUT2D eigenvalue weighted by Gasteiger charge is -2.07. The van der Waals surface area contributed by atoms with Gasteiger partial charge in [0, 0.05) is 30.8 Å². The van der Waals surface area contributed by atoms with Crippen LogP contribution in [0.3, 0.4) is 0 Å². The van der Waals surface area contributed by atoms with E-state index < -0.39 is 21.3 Å². The van der Waals surface area contributed by atoms with Gasteiger partial charge in [-0.25, -0.2) is 0 Å². The third kappa shape index (κ3) is 2.80. The highest BCUT2D eigenvalue weighted by Gasteiger charge is 2.40. The average Bonchev–Trinajstić information content (AvgIpc) is 2.97.